The van der Waals surface area contributed by atoms with Crippen LogP contribution in [0.2, 0.25) is 0 Å². The molecule has 2 unspecified atom stereocenters. The Morgan fingerprint density at radius 3 is 2.96 bits per heavy atom. The Bertz CT molecular complexity index is 722. The number of furan rings is 1. The maximum atomic E-state index is 12.9. The van der Waals surface area contributed by atoms with E-state index in [9.17, 15) is 9.59 Å². The summed E-state index contributed by atoms with van der Waals surface area (Å²) in [6, 6.07) is 9.65. The molecule has 1 aromatic carbocycles. The molecule has 2 amide bonds. The second kappa shape index (κ2) is 7.70. The van der Waals surface area contributed by atoms with Crippen LogP contribution in [-0.2, 0) is 9.59 Å². The van der Waals surface area contributed by atoms with Crippen molar-refractivity contribution < 1.29 is 14.0 Å². The van der Waals surface area contributed by atoms with Crippen LogP contribution in [0.25, 0.3) is 11.0 Å². The number of nitrogens with one attached hydrogen (secondary N) is 1. The number of carbonyl (C=O) groups is 2. The first-order chi connectivity index (χ1) is 12.1. The number of rotatable bonds is 5. The summed E-state index contributed by atoms with van der Waals surface area (Å²) in [4.78, 5) is 26.8. The fourth-order valence-electron chi connectivity index (χ4n) is 3.34. The Morgan fingerprint density at radius 1 is 1.40 bits per heavy atom. The smallest absolute Gasteiger partial charge is 0.233 e. The monoisotopic (exact) mass is 343 g/mol. The Balaban J connectivity index is 1.67. The topological polar surface area (TPSA) is 88.6 Å². The summed E-state index contributed by atoms with van der Waals surface area (Å²) in [5.41, 5.74) is 6.22. The Hall–Kier alpha value is -2.34. The predicted octanol–water partition coefficient (Wildman–Crippen LogP) is 1.85. The second-order valence-electron chi connectivity index (χ2n) is 6.61. The van der Waals surface area contributed by atoms with E-state index < -0.39 is 0 Å². The fraction of sp³-hybridized carbons (Fsp3) is 0.474. The largest absolute Gasteiger partial charge is 0.460 e. The second-order valence-corrected chi connectivity index (χ2v) is 6.61. The molecule has 3 N–H and O–H groups in total. The third kappa shape index (κ3) is 3.85. The van der Waals surface area contributed by atoms with Gasteiger partial charge in [0.1, 0.15) is 11.3 Å². The van der Waals surface area contributed by atoms with Crippen LogP contribution in [0.1, 0.15) is 31.4 Å². The molecule has 1 aliphatic rings. The number of hydrogen-bond acceptors (Lipinski definition) is 4. The van der Waals surface area contributed by atoms with Crippen LogP contribution in [0.5, 0.6) is 0 Å². The lowest BCUT2D eigenvalue weighted by molar-refractivity contribution is -0.137. The molecule has 6 heteroatoms. The van der Waals surface area contributed by atoms with Gasteiger partial charge in [-0.05, 0) is 31.9 Å². The molecular weight excluding hydrogens is 318 g/mol. The highest BCUT2D eigenvalue weighted by atomic mass is 16.3. The number of nitrogens with zero attached hydrogens (tertiary/aromatic N) is 1. The lowest BCUT2D eigenvalue weighted by Crippen LogP contribution is -2.47. The predicted molar refractivity (Wildman–Crippen MR) is 96.0 cm³/mol. The quantitative estimate of drug-likeness (QED) is 0.867. The van der Waals surface area contributed by atoms with E-state index >= 15 is 0 Å². The van der Waals surface area contributed by atoms with Crippen LogP contribution in [0, 0.1) is 5.92 Å². The van der Waals surface area contributed by atoms with Gasteiger partial charge in [0.05, 0.1) is 11.8 Å². The van der Waals surface area contributed by atoms with E-state index in [0.717, 1.165) is 23.8 Å². The van der Waals surface area contributed by atoms with Gasteiger partial charge in [-0.25, -0.2) is 0 Å². The highest BCUT2D eigenvalue weighted by molar-refractivity contribution is 5.86. The average molecular weight is 343 g/mol. The molecule has 1 fully saturated rings. The number of hydrogen-bond donors (Lipinski definition) is 2. The maximum absolute atomic E-state index is 12.9. The summed E-state index contributed by atoms with van der Waals surface area (Å²) in [7, 11) is 0. The number of amides is 2. The highest BCUT2D eigenvalue weighted by Gasteiger charge is 2.31. The lowest BCUT2D eigenvalue weighted by atomic mass is 9.95. The van der Waals surface area contributed by atoms with Crippen molar-refractivity contribution in [3.63, 3.8) is 0 Å². The van der Waals surface area contributed by atoms with E-state index in [1.807, 2.05) is 37.3 Å². The first-order valence-corrected chi connectivity index (χ1v) is 8.85. The van der Waals surface area contributed by atoms with E-state index in [1.54, 1.807) is 4.90 Å². The molecule has 3 rings (SSSR count). The Kier molecular flexibility index (Phi) is 5.38. The van der Waals surface area contributed by atoms with Crippen molar-refractivity contribution in [2.24, 2.45) is 11.7 Å². The Labute approximate surface area is 147 Å². The molecule has 0 spiro atoms. The van der Waals surface area contributed by atoms with Gasteiger partial charge < -0.3 is 20.4 Å². The zero-order valence-electron chi connectivity index (χ0n) is 14.5. The van der Waals surface area contributed by atoms with Crippen molar-refractivity contribution >= 4 is 22.8 Å². The van der Waals surface area contributed by atoms with Crippen LogP contribution >= 0.6 is 0 Å². The van der Waals surface area contributed by atoms with Gasteiger partial charge in [-0.15, -0.1) is 0 Å². The highest BCUT2D eigenvalue weighted by Crippen LogP contribution is 2.28. The van der Waals surface area contributed by atoms with Crippen molar-refractivity contribution in [1.82, 2.24) is 10.2 Å². The summed E-state index contributed by atoms with van der Waals surface area (Å²) in [5.74, 6) is 0.140. The number of fused-ring (bicyclic) bond motifs is 1. The first kappa shape index (κ1) is 17.5. The number of para-hydroxylation sites is 1. The number of piperidine rings is 1. The number of carbonyl (C=O) groups excluding carboxylic acids is 2. The van der Waals surface area contributed by atoms with Crippen molar-refractivity contribution in [3.8, 4) is 0 Å². The standard InChI is InChI=1S/C19H25N3O3/c1-13(17-11-14-5-2-3-7-16(14)25-17)19(24)22-10-4-6-15(12-22)18(23)21-9-8-20/h2-3,5,7,11,13,15H,4,6,8-10,12,20H2,1H3,(H,21,23). The van der Waals surface area contributed by atoms with E-state index in [1.165, 1.54) is 0 Å². The van der Waals surface area contributed by atoms with Gasteiger partial charge >= 0.3 is 0 Å². The van der Waals surface area contributed by atoms with Crippen molar-refractivity contribution in [1.29, 1.82) is 0 Å². The molecule has 2 atom stereocenters. The van der Waals surface area contributed by atoms with Crippen molar-refractivity contribution in [3.05, 3.63) is 36.1 Å². The Morgan fingerprint density at radius 2 is 2.20 bits per heavy atom. The van der Waals surface area contributed by atoms with Gasteiger partial charge in [0.25, 0.3) is 0 Å². The third-order valence-electron chi connectivity index (χ3n) is 4.79. The number of benzene rings is 1. The van der Waals surface area contributed by atoms with Crippen LogP contribution in [-0.4, -0.2) is 42.9 Å². The molecule has 0 saturated carbocycles. The number of likely N-dealkylation sites (tertiary alicyclic amines) is 1. The van der Waals surface area contributed by atoms with Gasteiger partial charge in [-0.3, -0.25) is 9.59 Å². The third-order valence-corrected chi connectivity index (χ3v) is 4.79. The van der Waals surface area contributed by atoms with Crippen molar-refractivity contribution in [2.75, 3.05) is 26.2 Å². The molecule has 1 saturated heterocycles. The molecule has 2 aromatic rings. The molecule has 25 heavy (non-hydrogen) atoms. The van der Waals surface area contributed by atoms with Crippen LogP contribution in [0.15, 0.2) is 34.7 Å². The minimum Gasteiger partial charge on any atom is -0.460 e. The zero-order valence-corrected chi connectivity index (χ0v) is 14.5. The molecule has 0 radical (unpaired) electrons. The summed E-state index contributed by atoms with van der Waals surface area (Å²) < 4.78 is 5.83. The number of nitrogens with two attached hydrogens (primary N) is 1. The first-order valence-electron chi connectivity index (χ1n) is 8.85. The minimum absolute atomic E-state index is 0.00961. The summed E-state index contributed by atoms with van der Waals surface area (Å²) in [6.07, 6.45) is 1.64. The van der Waals surface area contributed by atoms with Crippen LogP contribution < -0.4 is 11.1 Å². The van der Waals surface area contributed by atoms with Gasteiger partial charge in [0.2, 0.25) is 11.8 Å². The molecule has 2 heterocycles. The lowest BCUT2D eigenvalue weighted by Gasteiger charge is -2.33. The van der Waals surface area contributed by atoms with E-state index in [2.05, 4.69) is 5.32 Å². The molecule has 1 aliphatic heterocycles. The van der Waals surface area contributed by atoms with Gasteiger partial charge in [-0.1, -0.05) is 18.2 Å². The summed E-state index contributed by atoms with van der Waals surface area (Å²) >= 11 is 0. The van der Waals surface area contributed by atoms with Gasteiger partial charge in [0, 0.05) is 31.6 Å². The van der Waals surface area contributed by atoms with Crippen LogP contribution in [0.4, 0.5) is 0 Å². The average Bonchev–Trinajstić information content (AvgIpc) is 3.09. The van der Waals surface area contributed by atoms with Gasteiger partial charge in [0.15, 0.2) is 0 Å². The molecule has 134 valence electrons. The molecule has 6 nitrogen and oxygen atoms in total. The van der Waals surface area contributed by atoms with E-state index in [4.69, 9.17) is 10.2 Å². The molecule has 0 bridgehead atoms. The van der Waals surface area contributed by atoms with E-state index in [-0.39, 0.29) is 23.7 Å². The fourth-order valence-corrected chi connectivity index (χ4v) is 3.34. The molecule has 0 aliphatic carbocycles. The van der Waals surface area contributed by atoms with E-state index in [0.29, 0.717) is 31.9 Å². The molecule has 1 aromatic heterocycles. The summed E-state index contributed by atoms with van der Waals surface area (Å²) in [5, 5.41) is 3.81. The van der Waals surface area contributed by atoms with Crippen molar-refractivity contribution in [2.45, 2.75) is 25.7 Å². The zero-order chi connectivity index (χ0) is 17.8. The van der Waals surface area contributed by atoms with Gasteiger partial charge in [-0.2, -0.15) is 0 Å². The van der Waals surface area contributed by atoms with Crippen LogP contribution in [0.3, 0.4) is 0 Å². The maximum Gasteiger partial charge on any atom is 0.233 e. The normalized spacial score (nSPS) is 19.0. The molecular formula is C19H25N3O3. The minimum atomic E-state index is -0.363. The summed E-state index contributed by atoms with van der Waals surface area (Å²) in [6.45, 7) is 3.89. The SMILES string of the molecule is CC(C(=O)N1CCCC(C(=O)NCCN)C1)c1cc2ccccc2o1.